The Labute approximate surface area is 141 Å². The molecule has 1 heteroatoms. The summed E-state index contributed by atoms with van der Waals surface area (Å²) < 4.78 is 0. The summed E-state index contributed by atoms with van der Waals surface area (Å²) in [5.41, 5.74) is 6.02. The SMILES string of the molecule is CC1(C)CC(C)(C)c2ccc(-c3ccccn3)cc2C(C)(C)C1. The molecule has 1 aliphatic rings. The Kier molecular flexibility index (Phi) is 3.66. The van der Waals surface area contributed by atoms with Gasteiger partial charge < -0.3 is 0 Å². The second kappa shape index (κ2) is 5.19. The first-order valence-electron chi connectivity index (χ1n) is 8.67. The maximum Gasteiger partial charge on any atom is 0.0702 e. The zero-order valence-corrected chi connectivity index (χ0v) is 15.4. The van der Waals surface area contributed by atoms with Gasteiger partial charge in [0.1, 0.15) is 0 Å². The third-order valence-electron chi connectivity index (χ3n) is 5.28. The summed E-state index contributed by atoms with van der Waals surface area (Å²) >= 11 is 0. The van der Waals surface area contributed by atoms with Gasteiger partial charge in [-0.1, -0.05) is 59.7 Å². The van der Waals surface area contributed by atoms with Crippen LogP contribution in [0.1, 0.15) is 65.5 Å². The number of pyridine rings is 1. The van der Waals surface area contributed by atoms with Crippen molar-refractivity contribution in [1.29, 1.82) is 0 Å². The van der Waals surface area contributed by atoms with Crippen LogP contribution >= 0.6 is 0 Å². The Bertz CT molecular complexity index is 708. The number of nitrogens with zero attached hydrogens (tertiary/aromatic N) is 1. The molecular weight excluding hydrogens is 278 g/mol. The molecule has 0 atom stereocenters. The van der Waals surface area contributed by atoms with Gasteiger partial charge in [0.2, 0.25) is 0 Å². The van der Waals surface area contributed by atoms with Crippen molar-refractivity contribution in [3.8, 4) is 11.3 Å². The fraction of sp³-hybridized carbons (Fsp3) is 0.500. The van der Waals surface area contributed by atoms with Crippen LogP contribution in [-0.2, 0) is 10.8 Å². The third-order valence-corrected chi connectivity index (χ3v) is 5.28. The third kappa shape index (κ3) is 3.06. The van der Waals surface area contributed by atoms with Crippen LogP contribution in [-0.4, -0.2) is 4.98 Å². The maximum absolute atomic E-state index is 4.53. The molecule has 1 heterocycles. The Morgan fingerprint density at radius 3 is 2.04 bits per heavy atom. The standard InChI is InChI=1S/C22H29N/c1-20(2)14-21(3,4)17-11-10-16(19-9-7-8-12-23-19)13-18(17)22(5,6)15-20/h7-13H,14-15H2,1-6H3. The molecule has 0 fully saturated rings. The molecule has 1 aromatic heterocycles. The summed E-state index contributed by atoms with van der Waals surface area (Å²) in [6, 6.07) is 13.1. The average molecular weight is 307 g/mol. The van der Waals surface area contributed by atoms with Crippen LogP contribution in [0.5, 0.6) is 0 Å². The summed E-state index contributed by atoms with van der Waals surface area (Å²) in [5, 5.41) is 0. The lowest BCUT2D eigenvalue weighted by molar-refractivity contribution is 0.213. The van der Waals surface area contributed by atoms with Gasteiger partial charge in [-0.25, -0.2) is 0 Å². The summed E-state index contributed by atoms with van der Waals surface area (Å²) in [4.78, 5) is 4.53. The van der Waals surface area contributed by atoms with E-state index in [1.807, 2.05) is 12.3 Å². The first kappa shape index (κ1) is 16.2. The lowest BCUT2D eigenvalue weighted by Crippen LogP contribution is -2.26. The first-order chi connectivity index (χ1) is 10.6. The van der Waals surface area contributed by atoms with Crippen LogP contribution in [0.2, 0.25) is 0 Å². The Morgan fingerprint density at radius 2 is 1.43 bits per heavy atom. The van der Waals surface area contributed by atoms with E-state index in [2.05, 4.69) is 76.9 Å². The lowest BCUT2D eigenvalue weighted by Gasteiger charge is -2.34. The normalized spacial score (nSPS) is 21.3. The smallest absolute Gasteiger partial charge is 0.0702 e. The number of hydrogen-bond acceptors (Lipinski definition) is 1. The van der Waals surface area contributed by atoms with Crippen molar-refractivity contribution in [1.82, 2.24) is 4.98 Å². The zero-order chi connectivity index (χ0) is 16.9. The van der Waals surface area contributed by atoms with Crippen molar-refractivity contribution < 1.29 is 0 Å². The van der Waals surface area contributed by atoms with Crippen LogP contribution in [0.15, 0.2) is 42.6 Å². The highest BCUT2D eigenvalue weighted by Crippen LogP contribution is 2.51. The van der Waals surface area contributed by atoms with Crippen LogP contribution < -0.4 is 0 Å². The van der Waals surface area contributed by atoms with Crippen molar-refractivity contribution in [3.63, 3.8) is 0 Å². The summed E-state index contributed by atoms with van der Waals surface area (Å²) in [5.74, 6) is 0. The Hall–Kier alpha value is -1.63. The zero-order valence-electron chi connectivity index (χ0n) is 15.4. The molecule has 3 rings (SSSR count). The van der Waals surface area contributed by atoms with Gasteiger partial charge in [0.15, 0.2) is 0 Å². The minimum absolute atomic E-state index is 0.178. The van der Waals surface area contributed by atoms with Crippen molar-refractivity contribution in [2.24, 2.45) is 5.41 Å². The number of benzene rings is 1. The van der Waals surface area contributed by atoms with Crippen LogP contribution in [0.3, 0.4) is 0 Å². The highest BCUT2D eigenvalue weighted by Gasteiger charge is 2.42. The van der Waals surface area contributed by atoms with Crippen molar-refractivity contribution in [2.45, 2.75) is 65.2 Å². The minimum Gasteiger partial charge on any atom is -0.256 e. The number of rotatable bonds is 1. The van der Waals surface area contributed by atoms with E-state index in [4.69, 9.17) is 0 Å². The fourth-order valence-electron chi connectivity index (χ4n) is 5.03. The van der Waals surface area contributed by atoms with Crippen molar-refractivity contribution in [2.75, 3.05) is 0 Å². The second-order valence-corrected chi connectivity index (χ2v) is 9.26. The predicted octanol–water partition coefficient (Wildman–Crippen LogP) is 6.12. The van der Waals surface area contributed by atoms with Crippen molar-refractivity contribution in [3.05, 3.63) is 53.7 Å². The minimum atomic E-state index is 0.178. The van der Waals surface area contributed by atoms with E-state index in [1.165, 1.54) is 29.5 Å². The largest absolute Gasteiger partial charge is 0.256 e. The molecule has 23 heavy (non-hydrogen) atoms. The maximum atomic E-state index is 4.53. The predicted molar refractivity (Wildman–Crippen MR) is 98.7 cm³/mol. The lowest BCUT2D eigenvalue weighted by atomic mass is 9.70. The van der Waals surface area contributed by atoms with E-state index in [9.17, 15) is 0 Å². The quantitative estimate of drug-likeness (QED) is 0.578. The van der Waals surface area contributed by atoms with Crippen LogP contribution in [0.4, 0.5) is 0 Å². The highest BCUT2D eigenvalue weighted by molar-refractivity contribution is 5.62. The van der Waals surface area contributed by atoms with E-state index in [-0.39, 0.29) is 10.8 Å². The van der Waals surface area contributed by atoms with Gasteiger partial charge in [0, 0.05) is 11.8 Å². The van der Waals surface area contributed by atoms with Crippen LogP contribution in [0, 0.1) is 5.41 Å². The summed E-state index contributed by atoms with van der Waals surface area (Å²) in [6.45, 7) is 14.4. The summed E-state index contributed by atoms with van der Waals surface area (Å²) in [6.07, 6.45) is 4.31. The molecule has 122 valence electrons. The van der Waals surface area contributed by atoms with Gasteiger partial charge in [-0.05, 0) is 58.4 Å². The molecule has 0 radical (unpaired) electrons. The molecule has 0 saturated carbocycles. The van der Waals surface area contributed by atoms with Gasteiger partial charge in [0.25, 0.3) is 0 Å². The van der Waals surface area contributed by atoms with Crippen LogP contribution in [0.25, 0.3) is 11.3 Å². The number of fused-ring (bicyclic) bond motifs is 1. The Morgan fingerprint density at radius 1 is 0.783 bits per heavy atom. The van der Waals surface area contributed by atoms with E-state index >= 15 is 0 Å². The Balaban J connectivity index is 2.19. The van der Waals surface area contributed by atoms with Gasteiger partial charge in [-0.3, -0.25) is 4.98 Å². The van der Waals surface area contributed by atoms with E-state index < -0.39 is 0 Å². The van der Waals surface area contributed by atoms with Gasteiger partial charge in [0.05, 0.1) is 5.69 Å². The molecule has 0 spiro atoms. The molecule has 0 N–H and O–H groups in total. The van der Waals surface area contributed by atoms with Gasteiger partial charge >= 0.3 is 0 Å². The molecule has 1 aromatic carbocycles. The molecular formula is C22H29N. The fourth-order valence-corrected chi connectivity index (χ4v) is 5.03. The van der Waals surface area contributed by atoms with Gasteiger partial charge in [-0.2, -0.15) is 0 Å². The van der Waals surface area contributed by atoms with E-state index in [0.29, 0.717) is 5.41 Å². The van der Waals surface area contributed by atoms with Crippen molar-refractivity contribution >= 4 is 0 Å². The van der Waals surface area contributed by atoms with E-state index in [1.54, 1.807) is 0 Å². The molecule has 2 aromatic rings. The number of hydrogen-bond donors (Lipinski definition) is 0. The topological polar surface area (TPSA) is 12.9 Å². The molecule has 0 unspecified atom stereocenters. The molecule has 1 aliphatic carbocycles. The van der Waals surface area contributed by atoms with Gasteiger partial charge in [-0.15, -0.1) is 0 Å². The molecule has 0 amide bonds. The monoisotopic (exact) mass is 307 g/mol. The first-order valence-corrected chi connectivity index (χ1v) is 8.67. The molecule has 1 nitrogen and oxygen atoms in total. The highest BCUT2D eigenvalue weighted by atomic mass is 14.7. The summed E-state index contributed by atoms with van der Waals surface area (Å²) in [7, 11) is 0. The second-order valence-electron chi connectivity index (χ2n) is 9.26. The number of aromatic nitrogens is 1. The molecule has 0 aliphatic heterocycles. The molecule has 0 bridgehead atoms. The average Bonchev–Trinajstić information content (AvgIpc) is 2.50. The van der Waals surface area contributed by atoms with E-state index in [0.717, 1.165) is 5.69 Å². The molecule has 0 saturated heterocycles.